The van der Waals surface area contributed by atoms with Crippen LogP contribution in [0.25, 0.3) is 0 Å². The summed E-state index contributed by atoms with van der Waals surface area (Å²) < 4.78 is 0.908. The highest BCUT2D eigenvalue weighted by Crippen LogP contribution is 2.25. The van der Waals surface area contributed by atoms with E-state index in [1.54, 1.807) is 0 Å². The van der Waals surface area contributed by atoms with Crippen LogP contribution in [0.5, 0.6) is 0 Å². The molecule has 0 saturated heterocycles. The van der Waals surface area contributed by atoms with Crippen LogP contribution in [0.2, 0.25) is 0 Å². The molecule has 0 aromatic heterocycles. The molecule has 3 nitrogen and oxygen atoms in total. The first-order valence-corrected chi connectivity index (χ1v) is 6.38. The largest absolute Gasteiger partial charge is 0.325 e. The summed E-state index contributed by atoms with van der Waals surface area (Å²) in [6.45, 7) is 6.49. The summed E-state index contributed by atoms with van der Waals surface area (Å²) in [5.41, 5.74) is 1.54. The van der Waals surface area contributed by atoms with E-state index in [9.17, 15) is 4.79 Å². The summed E-state index contributed by atoms with van der Waals surface area (Å²) in [5, 5.41) is 5.96. The first-order valence-electron chi connectivity index (χ1n) is 5.59. The van der Waals surface area contributed by atoms with Crippen molar-refractivity contribution < 1.29 is 4.79 Å². The van der Waals surface area contributed by atoms with Crippen molar-refractivity contribution in [2.75, 3.05) is 18.9 Å². The van der Waals surface area contributed by atoms with Gasteiger partial charge in [0, 0.05) is 11.0 Å². The van der Waals surface area contributed by atoms with Gasteiger partial charge >= 0.3 is 0 Å². The van der Waals surface area contributed by atoms with Gasteiger partial charge in [0.15, 0.2) is 0 Å². The predicted octanol–water partition coefficient (Wildman–Crippen LogP) is 2.94. The number of hydrogen-bond donors (Lipinski definition) is 2. The molecule has 17 heavy (non-hydrogen) atoms. The third kappa shape index (κ3) is 3.82. The minimum absolute atomic E-state index is 0.0106. The second-order valence-electron chi connectivity index (χ2n) is 4.85. The molecule has 94 valence electrons. The highest BCUT2D eigenvalue weighted by molar-refractivity contribution is 9.10. The molecule has 0 atom stereocenters. The van der Waals surface area contributed by atoms with Gasteiger partial charge in [0.25, 0.3) is 0 Å². The summed E-state index contributed by atoms with van der Waals surface area (Å²) in [6, 6.07) is 5.87. The van der Waals surface area contributed by atoms with Gasteiger partial charge in [0.05, 0.1) is 11.1 Å². The molecule has 0 aliphatic rings. The number of hydrogen-bond acceptors (Lipinski definition) is 2. The van der Waals surface area contributed by atoms with E-state index >= 15 is 0 Å². The van der Waals surface area contributed by atoms with Gasteiger partial charge in [-0.15, -0.1) is 0 Å². The molecule has 2 N–H and O–H groups in total. The monoisotopic (exact) mass is 298 g/mol. The van der Waals surface area contributed by atoms with Crippen LogP contribution in [0.1, 0.15) is 19.4 Å². The quantitative estimate of drug-likeness (QED) is 0.897. The van der Waals surface area contributed by atoms with Crippen molar-refractivity contribution in [3.8, 4) is 0 Å². The third-order valence-electron chi connectivity index (χ3n) is 2.61. The molecule has 1 rings (SSSR count). The molecule has 0 bridgehead atoms. The SMILES string of the molecule is CNCC(C)(C)C(=O)Nc1ccc(C)cc1Br. The molecule has 0 aliphatic carbocycles. The fraction of sp³-hybridized carbons (Fsp3) is 0.462. The van der Waals surface area contributed by atoms with Crippen molar-refractivity contribution in [2.24, 2.45) is 5.41 Å². The van der Waals surface area contributed by atoms with Crippen LogP contribution in [0.4, 0.5) is 5.69 Å². The van der Waals surface area contributed by atoms with Crippen molar-refractivity contribution in [1.29, 1.82) is 0 Å². The molecule has 0 radical (unpaired) electrons. The van der Waals surface area contributed by atoms with E-state index in [0.29, 0.717) is 6.54 Å². The lowest BCUT2D eigenvalue weighted by Gasteiger charge is -2.23. The van der Waals surface area contributed by atoms with Gasteiger partial charge in [-0.1, -0.05) is 6.07 Å². The van der Waals surface area contributed by atoms with Crippen LogP contribution < -0.4 is 10.6 Å². The average Bonchev–Trinajstić information content (AvgIpc) is 2.22. The second kappa shape index (κ2) is 5.65. The Morgan fingerprint density at radius 1 is 1.41 bits per heavy atom. The van der Waals surface area contributed by atoms with E-state index in [2.05, 4.69) is 26.6 Å². The Bertz CT molecular complexity index is 416. The predicted molar refractivity (Wildman–Crippen MR) is 75.2 cm³/mol. The van der Waals surface area contributed by atoms with E-state index in [1.165, 1.54) is 0 Å². The summed E-state index contributed by atoms with van der Waals surface area (Å²) in [7, 11) is 1.84. The number of amides is 1. The first kappa shape index (κ1) is 14.2. The first-order chi connectivity index (χ1) is 7.86. The fourth-order valence-electron chi connectivity index (χ4n) is 1.54. The number of aryl methyl sites for hydroxylation is 1. The second-order valence-corrected chi connectivity index (χ2v) is 5.71. The minimum atomic E-state index is -0.431. The van der Waals surface area contributed by atoms with Gasteiger partial charge in [-0.3, -0.25) is 4.79 Å². The van der Waals surface area contributed by atoms with Gasteiger partial charge in [0.2, 0.25) is 5.91 Å². The molecule has 0 heterocycles. The Kier molecular flexibility index (Phi) is 4.71. The summed E-state index contributed by atoms with van der Waals surface area (Å²) in [6.07, 6.45) is 0. The van der Waals surface area contributed by atoms with E-state index in [4.69, 9.17) is 0 Å². The number of carbonyl (C=O) groups excluding carboxylic acids is 1. The minimum Gasteiger partial charge on any atom is -0.325 e. The number of carbonyl (C=O) groups is 1. The molecule has 1 aromatic rings. The van der Waals surface area contributed by atoms with Crippen LogP contribution in [0, 0.1) is 12.3 Å². The van der Waals surface area contributed by atoms with Crippen LogP contribution in [-0.2, 0) is 4.79 Å². The lowest BCUT2D eigenvalue weighted by molar-refractivity contribution is -0.123. The highest BCUT2D eigenvalue weighted by atomic mass is 79.9. The van der Waals surface area contributed by atoms with Gasteiger partial charge in [-0.25, -0.2) is 0 Å². The van der Waals surface area contributed by atoms with E-state index in [0.717, 1.165) is 15.7 Å². The van der Waals surface area contributed by atoms with Crippen molar-refractivity contribution in [3.05, 3.63) is 28.2 Å². The zero-order chi connectivity index (χ0) is 13.1. The van der Waals surface area contributed by atoms with Gasteiger partial charge in [0.1, 0.15) is 0 Å². The van der Waals surface area contributed by atoms with Gasteiger partial charge in [-0.05, 0) is 61.4 Å². The number of halogens is 1. The van der Waals surface area contributed by atoms with Crippen molar-refractivity contribution in [3.63, 3.8) is 0 Å². The standard InChI is InChI=1S/C13H19BrN2O/c1-9-5-6-11(10(14)7-9)16-12(17)13(2,3)8-15-4/h5-7,15H,8H2,1-4H3,(H,16,17). The molecule has 1 amide bonds. The molecular formula is C13H19BrN2O. The number of nitrogens with one attached hydrogen (secondary N) is 2. The molecule has 0 saturated carbocycles. The van der Waals surface area contributed by atoms with Crippen molar-refractivity contribution >= 4 is 27.5 Å². The lowest BCUT2D eigenvalue weighted by Crippen LogP contribution is -2.38. The molecule has 0 fully saturated rings. The lowest BCUT2D eigenvalue weighted by atomic mass is 9.92. The van der Waals surface area contributed by atoms with E-state index < -0.39 is 5.41 Å². The van der Waals surface area contributed by atoms with Crippen LogP contribution in [-0.4, -0.2) is 19.5 Å². The summed E-state index contributed by atoms with van der Waals surface area (Å²) in [5.74, 6) is 0.0106. The topological polar surface area (TPSA) is 41.1 Å². The normalized spacial score (nSPS) is 11.4. The molecule has 1 aromatic carbocycles. The Morgan fingerprint density at radius 2 is 2.06 bits per heavy atom. The van der Waals surface area contributed by atoms with E-state index in [-0.39, 0.29) is 5.91 Å². The summed E-state index contributed by atoms with van der Waals surface area (Å²) in [4.78, 5) is 12.1. The fourth-order valence-corrected chi connectivity index (χ4v) is 2.13. The Labute approximate surface area is 111 Å². The Hall–Kier alpha value is -0.870. The molecule has 0 unspecified atom stereocenters. The maximum atomic E-state index is 12.1. The Balaban J connectivity index is 2.81. The number of rotatable bonds is 4. The zero-order valence-corrected chi connectivity index (χ0v) is 12.3. The maximum Gasteiger partial charge on any atom is 0.231 e. The van der Waals surface area contributed by atoms with Crippen LogP contribution in [0.15, 0.2) is 22.7 Å². The van der Waals surface area contributed by atoms with Crippen molar-refractivity contribution in [1.82, 2.24) is 5.32 Å². The Morgan fingerprint density at radius 3 is 2.59 bits per heavy atom. The third-order valence-corrected chi connectivity index (χ3v) is 3.26. The molecular weight excluding hydrogens is 280 g/mol. The summed E-state index contributed by atoms with van der Waals surface area (Å²) >= 11 is 3.45. The van der Waals surface area contributed by atoms with E-state index in [1.807, 2.05) is 46.0 Å². The smallest absolute Gasteiger partial charge is 0.231 e. The number of benzene rings is 1. The molecule has 4 heteroatoms. The zero-order valence-electron chi connectivity index (χ0n) is 10.7. The highest BCUT2D eigenvalue weighted by Gasteiger charge is 2.27. The molecule has 0 spiro atoms. The van der Waals surface area contributed by atoms with Crippen LogP contribution >= 0.6 is 15.9 Å². The maximum absolute atomic E-state index is 12.1. The van der Waals surface area contributed by atoms with Gasteiger partial charge < -0.3 is 10.6 Å². The van der Waals surface area contributed by atoms with Crippen LogP contribution in [0.3, 0.4) is 0 Å². The molecule has 0 aliphatic heterocycles. The van der Waals surface area contributed by atoms with Crippen molar-refractivity contribution in [2.45, 2.75) is 20.8 Å². The number of anilines is 1. The van der Waals surface area contributed by atoms with Gasteiger partial charge in [-0.2, -0.15) is 0 Å². The average molecular weight is 299 g/mol.